The predicted molar refractivity (Wildman–Crippen MR) is 115 cm³/mol. The van der Waals surface area contributed by atoms with Gasteiger partial charge < -0.3 is 25.4 Å². The first-order valence-corrected chi connectivity index (χ1v) is 11.6. The number of rotatable bonds is 9. The van der Waals surface area contributed by atoms with Gasteiger partial charge in [-0.2, -0.15) is 0 Å². The summed E-state index contributed by atoms with van der Waals surface area (Å²) in [6.07, 6.45) is 3.36. The first-order valence-electron chi connectivity index (χ1n) is 11.2. The number of alkyl halides is 2. The van der Waals surface area contributed by atoms with Crippen LogP contribution in [0.1, 0.15) is 38.5 Å². The smallest absolute Gasteiger partial charge is 0.250 e. The minimum Gasteiger partial charge on any atom is -0.379 e. The molecule has 3 N–H and O–H groups in total. The van der Waals surface area contributed by atoms with E-state index in [0.717, 1.165) is 52.2 Å². The fourth-order valence-corrected chi connectivity index (χ4v) is 4.64. The summed E-state index contributed by atoms with van der Waals surface area (Å²) >= 11 is 5.88. The molecule has 0 aromatic heterocycles. The van der Waals surface area contributed by atoms with Gasteiger partial charge in [0.15, 0.2) is 0 Å². The molecule has 7 nitrogen and oxygen atoms in total. The van der Waals surface area contributed by atoms with Crippen molar-refractivity contribution in [3.05, 3.63) is 12.3 Å². The molecule has 0 bridgehead atoms. The topological polar surface area (TPSA) is 74.9 Å². The number of amides is 1. The Morgan fingerprint density at radius 3 is 2.83 bits per heavy atom. The number of piperidine rings is 1. The number of ether oxygens (including phenoxy) is 2. The molecule has 0 spiro atoms. The van der Waals surface area contributed by atoms with Gasteiger partial charge in [-0.25, -0.2) is 4.39 Å². The second kappa shape index (κ2) is 12.3. The van der Waals surface area contributed by atoms with E-state index in [2.05, 4.69) is 27.4 Å². The van der Waals surface area contributed by atoms with E-state index in [9.17, 15) is 9.18 Å². The summed E-state index contributed by atoms with van der Waals surface area (Å²) in [5, 5.41) is 9.38. The van der Waals surface area contributed by atoms with Crippen molar-refractivity contribution in [2.45, 2.75) is 68.4 Å². The molecule has 1 amide bonds. The number of hydrogen-bond acceptors (Lipinski definition) is 6. The van der Waals surface area contributed by atoms with E-state index in [1.807, 2.05) is 0 Å². The molecule has 2 aliphatic heterocycles. The van der Waals surface area contributed by atoms with E-state index in [1.54, 1.807) is 0 Å². The third-order valence-corrected chi connectivity index (χ3v) is 6.66. The summed E-state index contributed by atoms with van der Waals surface area (Å²) in [5.74, 6) is -0.244. The van der Waals surface area contributed by atoms with Crippen LogP contribution >= 0.6 is 11.6 Å². The number of carbonyl (C=O) groups excluding carboxylic acids is 1. The highest BCUT2D eigenvalue weighted by Crippen LogP contribution is 2.27. The maximum Gasteiger partial charge on any atom is 0.250 e. The van der Waals surface area contributed by atoms with Crippen molar-refractivity contribution in [2.75, 3.05) is 46.0 Å². The Morgan fingerprint density at radius 2 is 2.07 bits per heavy atom. The van der Waals surface area contributed by atoms with Gasteiger partial charge in [-0.1, -0.05) is 6.58 Å². The van der Waals surface area contributed by atoms with Crippen LogP contribution < -0.4 is 16.0 Å². The minimum absolute atomic E-state index is 0.0812. The Balaban J connectivity index is 1.26. The van der Waals surface area contributed by atoms with Gasteiger partial charge in [-0.05, 0) is 38.6 Å². The zero-order valence-corrected chi connectivity index (χ0v) is 18.5. The van der Waals surface area contributed by atoms with Gasteiger partial charge in [-0.15, -0.1) is 11.6 Å². The fraction of sp³-hybridized carbons (Fsp3) is 0.857. The van der Waals surface area contributed by atoms with E-state index in [4.69, 9.17) is 21.1 Å². The summed E-state index contributed by atoms with van der Waals surface area (Å²) in [5.41, 5.74) is 0.657. The van der Waals surface area contributed by atoms with Gasteiger partial charge >= 0.3 is 0 Å². The number of nitrogens with one attached hydrogen (secondary N) is 3. The van der Waals surface area contributed by atoms with Crippen molar-refractivity contribution >= 4 is 17.5 Å². The standard InChI is InChI=1S/C21H36ClFN4O3/c1-15(26-21(28)14-30-17-2-3-18(22)19(23)13-17)4-6-24-20-12-16(5-7-25-20)27-8-10-29-11-9-27/h16-20,24-25H,1-14H2,(H,26,28). The molecule has 3 rings (SSSR count). The largest absolute Gasteiger partial charge is 0.379 e. The van der Waals surface area contributed by atoms with Crippen LogP contribution in [0.4, 0.5) is 4.39 Å². The third-order valence-electron chi connectivity index (χ3n) is 6.17. The zero-order valence-electron chi connectivity index (χ0n) is 17.7. The summed E-state index contributed by atoms with van der Waals surface area (Å²) < 4.78 is 24.6. The van der Waals surface area contributed by atoms with Crippen molar-refractivity contribution in [3.8, 4) is 0 Å². The summed E-state index contributed by atoms with van der Waals surface area (Å²) in [6.45, 7) is 9.27. The van der Waals surface area contributed by atoms with Crippen molar-refractivity contribution in [3.63, 3.8) is 0 Å². The van der Waals surface area contributed by atoms with Crippen molar-refractivity contribution in [2.24, 2.45) is 0 Å². The highest BCUT2D eigenvalue weighted by atomic mass is 35.5. The Labute approximate surface area is 184 Å². The van der Waals surface area contributed by atoms with Gasteiger partial charge in [0.2, 0.25) is 5.91 Å². The molecule has 2 saturated heterocycles. The van der Waals surface area contributed by atoms with E-state index < -0.39 is 11.5 Å². The van der Waals surface area contributed by atoms with Crippen molar-refractivity contribution in [1.29, 1.82) is 0 Å². The molecule has 0 radical (unpaired) electrons. The average Bonchev–Trinajstić information content (AvgIpc) is 2.75. The summed E-state index contributed by atoms with van der Waals surface area (Å²) in [4.78, 5) is 14.6. The predicted octanol–water partition coefficient (Wildman–Crippen LogP) is 1.52. The second-order valence-corrected chi connectivity index (χ2v) is 9.03. The van der Waals surface area contributed by atoms with Crippen LogP contribution in [-0.4, -0.2) is 86.7 Å². The van der Waals surface area contributed by atoms with Gasteiger partial charge in [0.05, 0.1) is 30.9 Å². The Morgan fingerprint density at radius 1 is 1.27 bits per heavy atom. The molecule has 0 aromatic carbocycles. The molecule has 30 heavy (non-hydrogen) atoms. The lowest BCUT2D eigenvalue weighted by molar-refractivity contribution is -0.128. The molecule has 172 valence electrons. The molecular weight excluding hydrogens is 411 g/mol. The van der Waals surface area contributed by atoms with Crippen LogP contribution in [0.5, 0.6) is 0 Å². The first kappa shape index (κ1) is 23.9. The van der Waals surface area contributed by atoms with E-state index in [-0.39, 0.29) is 31.2 Å². The lowest BCUT2D eigenvalue weighted by Gasteiger charge is -2.40. The average molecular weight is 447 g/mol. The first-order chi connectivity index (χ1) is 14.5. The van der Waals surface area contributed by atoms with Gasteiger partial charge in [0, 0.05) is 37.8 Å². The van der Waals surface area contributed by atoms with Crippen LogP contribution in [0.3, 0.4) is 0 Å². The number of hydrogen-bond donors (Lipinski definition) is 3. The minimum atomic E-state index is -1.06. The Bertz CT molecular complexity index is 564. The molecule has 3 fully saturated rings. The Hall–Kier alpha value is -0.770. The molecule has 1 saturated carbocycles. The van der Waals surface area contributed by atoms with Gasteiger partial charge in [-0.3, -0.25) is 9.69 Å². The molecule has 5 unspecified atom stereocenters. The van der Waals surface area contributed by atoms with Gasteiger partial charge in [0.25, 0.3) is 0 Å². The van der Waals surface area contributed by atoms with Crippen LogP contribution in [0.25, 0.3) is 0 Å². The maximum absolute atomic E-state index is 13.6. The van der Waals surface area contributed by atoms with E-state index >= 15 is 0 Å². The Kier molecular flexibility index (Phi) is 9.80. The lowest BCUT2D eigenvalue weighted by atomic mass is 9.95. The van der Waals surface area contributed by atoms with Crippen LogP contribution in [-0.2, 0) is 14.3 Å². The van der Waals surface area contributed by atoms with Gasteiger partial charge in [0.1, 0.15) is 12.8 Å². The molecule has 5 atom stereocenters. The number of nitrogens with zero attached hydrogens (tertiary/aromatic N) is 1. The number of morpholine rings is 1. The fourth-order valence-electron chi connectivity index (χ4n) is 4.41. The van der Waals surface area contributed by atoms with Crippen LogP contribution in [0, 0.1) is 0 Å². The molecular formula is C21H36ClFN4O3. The highest BCUT2D eigenvalue weighted by molar-refractivity contribution is 6.21. The molecule has 9 heteroatoms. The normalized spacial score (nSPS) is 33.2. The quantitative estimate of drug-likeness (QED) is 0.466. The second-order valence-electron chi connectivity index (χ2n) is 8.47. The lowest BCUT2D eigenvalue weighted by Crippen LogP contribution is -2.55. The van der Waals surface area contributed by atoms with Crippen molar-refractivity contribution < 1.29 is 18.7 Å². The molecule has 1 aliphatic carbocycles. The summed E-state index contributed by atoms with van der Waals surface area (Å²) in [7, 11) is 0. The van der Waals surface area contributed by atoms with Crippen molar-refractivity contribution in [1.82, 2.24) is 20.9 Å². The monoisotopic (exact) mass is 446 g/mol. The summed E-state index contributed by atoms with van der Waals surface area (Å²) in [6, 6.07) is 0.588. The molecule has 0 aromatic rings. The molecule has 2 heterocycles. The highest BCUT2D eigenvalue weighted by Gasteiger charge is 2.30. The van der Waals surface area contributed by atoms with E-state index in [0.29, 0.717) is 31.0 Å². The van der Waals surface area contributed by atoms with Crippen LogP contribution in [0.15, 0.2) is 12.3 Å². The third kappa shape index (κ3) is 7.73. The van der Waals surface area contributed by atoms with E-state index in [1.165, 1.54) is 0 Å². The zero-order chi connectivity index (χ0) is 21.3. The number of halogens is 2. The molecule has 3 aliphatic rings. The van der Waals surface area contributed by atoms with Crippen LogP contribution in [0.2, 0.25) is 0 Å². The SMILES string of the molecule is C=C(CCNC1CC(N2CCOCC2)CCN1)NC(=O)COC1CCC(Cl)C(F)C1. The number of carbonyl (C=O) groups is 1. The maximum atomic E-state index is 13.6.